The van der Waals surface area contributed by atoms with Crippen LogP contribution in [0.15, 0.2) is 0 Å². The summed E-state index contributed by atoms with van der Waals surface area (Å²) in [6.45, 7) is 9.17. The molecule has 1 saturated heterocycles. The maximum absolute atomic E-state index is 11.3. The highest BCUT2D eigenvalue weighted by Gasteiger charge is 2.52. The molecule has 0 aromatic heterocycles. The van der Waals surface area contributed by atoms with E-state index in [1.54, 1.807) is 0 Å². The topological polar surface area (TPSA) is 26.3 Å². The van der Waals surface area contributed by atoms with Gasteiger partial charge in [-0.1, -0.05) is 27.7 Å². The lowest BCUT2D eigenvalue weighted by atomic mass is 9.59. The van der Waals surface area contributed by atoms with Crippen molar-refractivity contribution in [3.8, 4) is 0 Å². The Balaban J connectivity index is 2.23. The van der Waals surface area contributed by atoms with E-state index in [-0.39, 0.29) is 11.6 Å². The van der Waals surface area contributed by atoms with Crippen LogP contribution in [-0.2, 0) is 9.53 Å². The van der Waals surface area contributed by atoms with Crippen molar-refractivity contribution in [2.24, 2.45) is 10.8 Å². The first-order valence-corrected chi connectivity index (χ1v) is 5.94. The molecule has 2 nitrogen and oxygen atoms in total. The lowest BCUT2D eigenvalue weighted by Crippen LogP contribution is -2.45. The van der Waals surface area contributed by atoms with E-state index in [2.05, 4.69) is 27.7 Å². The number of ether oxygens (including phenoxy) is 1. The monoisotopic (exact) mass is 210 g/mol. The second-order valence-electron chi connectivity index (χ2n) is 7.02. The molecule has 0 unspecified atom stereocenters. The summed E-state index contributed by atoms with van der Waals surface area (Å²) in [5, 5.41) is 0. The molecule has 0 amide bonds. The molecule has 1 aliphatic carbocycles. The smallest absolute Gasteiger partial charge is 0.306 e. The van der Waals surface area contributed by atoms with Crippen molar-refractivity contribution in [3.63, 3.8) is 0 Å². The molecule has 1 saturated carbocycles. The van der Waals surface area contributed by atoms with Crippen molar-refractivity contribution >= 4 is 5.97 Å². The molecule has 1 aliphatic heterocycles. The number of carbonyl (C=O) groups is 1. The van der Waals surface area contributed by atoms with E-state index in [0.717, 1.165) is 19.3 Å². The molecule has 15 heavy (non-hydrogen) atoms. The third-order valence-corrected chi connectivity index (χ3v) is 3.67. The van der Waals surface area contributed by atoms with Crippen LogP contribution in [0.1, 0.15) is 59.8 Å². The van der Waals surface area contributed by atoms with E-state index < -0.39 is 0 Å². The van der Waals surface area contributed by atoms with Gasteiger partial charge in [0.25, 0.3) is 0 Å². The quantitative estimate of drug-likeness (QED) is 0.573. The zero-order valence-corrected chi connectivity index (χ0v) is 10.4. The summed E-state index contributed by atoms with van der Waals surface area (Å²) in [6, 6.07) is 0. The predicted molar refractivity (Wildman–Crippen MR) is 59.5 cm³/mol. The third kappa shape index (κ3) is 2.19. The number of esters is 1. The van der Waals surface area contributed by atoms with Gasteiger partial charge < -0.3 is 4.74 Å². The Morgan fingerprint density at radius 2 is 1.53 bits per heavy atom. The summed E-state index contributed by atoms with van der Waals surface area (Å²) in [4.78, 5) is 11.3. The van der Waals surface area contributed by atoms with Gasteiger partial charge in [-0.15, -0.1) is 0 Å². The van der Waals surface area contributed by atoms with Gasteiger partial charge in [-0.2, -0.15) is 0 Å². The summed E-state index contributed by atoms with van der Waals surface area (Å²) >= 11 is 0. The van der Waals surface area contributed by atoms with Crippen molar-refractivity contribution in [2.45, 2.75) is 65.4 Å². The predicted octanol–water partition coefficient (Wildman–Crippen LogP) is 3.30. The standard InChI is InChI=1S/C13H22O2/c1-11(2)7-12(3,4)9-13(8-11)6-5-10(14)15-13/h5-9H2,1-4H3. The van der Waals surface area contributed by atoms with Gasteiger partial charge in [-0.3, -0.25) is 4.79 Å². The van der Waals surface area contributed by atoms with E-state index >= 15 is 0 Å². The molecule has 2 heteroatoms. The minimum atomic E-state index is -0.137. The Bertz CT molecular complexity index is 273. The molecule has 1 heterocycles. The second-order valence-corrected chi connectivity index (χ2v) is 7.02. The van der Waals surface area contributed by atoms with Crippen molar-refractivity contribution < 1.29 is 9.53 Å². The molecule has 2 aliphatic rings. The Labute approximate surface area is 92.4 Å². The molecule has 0 aromatic rings. The van der Waals surface area contributed by atoms with Crippen LogP contribution in [0.5, 0.6) is 0 Å². The molecule has 0 aromatic carbocycles. The van der Waals surface area contributed by atoms with Crippen LogP contribution in [0.3, 0.4) is 0 Å². The molecule has 0 bridgehead atoms. The zero-order chi connectivity index (χ0) is 11.3. The first-order chi connectivity index (χ1) is 6.72. The van der Waals surface area contributed by atoms with E-state index in [9.17, 15) is 4.79 Å². The van der Waals surface area contributed by atoms with Crippen molar-refractivity contribution in [1.29, 1.82) is 0 Å². The van der Waals surface area contributed by atoms with Crippen LogP contribution in [0, 0.1) is 10.8 Å². The normalized spacial score (nSPS) is 31.6. The van der Waals surface area contributed by atoms with Gasteiger partial charge in [-0.05, 0) is 36.5 Å². The minimum absolute atomic E-state index is 0.00324. The molecule has 2 fully saturated rings. The second kappa shape index (κ2) is 2.99. The molecular weight excluding hydrogens is 188 g/mol. The molecular formula is C13H22O2. The number of carbonyl (C=O) groups excluding carboxylic acids is 1. The highest BCUT2D eigenvalue weighted by Crippen LogP contribution is 2.54. The van der Waals surface area contributed by atoms with Gasteiger partial charge in [0.05, 0.1) is 0 Å². The fourth-order valence-corrected chi connectivity index (χ4v) is 4.15. The molecule has 2 rings (SSSR count). The highest BCUT2D eigenvalue weighted by atomic mass is 16.6. The maximum atomic E-state index is 11.3. The van der Waals surface area contributed by atoms with Gasteiger partial charge in [0, 0.05) is 6.42 Å². The van der Waals surface area contributed by atoms with Gasteiger partial charge in [0.1, 0.15) is 5.60 Å². The highest BCUT2D eigenvalue weighted by molar-refractivity contribution is 5.72. The summed E-state index contributed by atoms with van der Waals surface area (Å²) < 4.78 is 5.62. The minimum Gasteiger partial charge on any atom is -0.459 e. The Morgan fingerprint density at radius 3 is 1.93 bits per heavy atom. The lowest BCUT2D eigenvalue weighted by Gasteiger charge is -2.49. The number of rotatable bonds is 0. The summed E-state index contributed by atoms with van der Waals surface area (Å²) in [5.41, 5.74) is 0.459. The fourth-order valence-electron chi connectivity index (χ4n) is 4.15. The van der Waals surface area contributed by atoms with Gasteiger partial charge in [0.2, 0.25) is 0 Å². The lowest BCUT2D eigenvalue weighted by molar-refractivity contribution is -0.159. The SMILES string of the molecule is CC1(C)CC(C)(C)CC2(CCC(=O)O2)C1. The average molecular weight is 210 g/mol. The van der Waals surface area contributed by atoms with Crippen molar-refractivity contribution in [2.75, 3.05) is 0 Å². The number of hydrogen-bond acceptors (Lipinski definition) is 2. The van der Waals surface area contributed by atoms with Crippen LogP contribution in [0.25, 0.3) is 0 Å². The summed E-state index contributed by atoms with van der Waals surface area (Å²) in [5.74, 6) is 0.00324. The van der Waals surface area contributed by atoms with Gasteiger partial charge >= 0.3 is 5.97 Å². The molecule has 0 N–H and O–H groups in total. The molecule has 0 atom stereocenters. The molecule has 0 radical (unpaired) electrons. The Morgan fingerprint density at radius 1 is 1.00 bits per heavy atom. The fraction of sp³-hybridized carbons (Fsp3) is 0.923. The largest absolute Gasteiger partial charge is 0.459 e. The van der Waals surface area contributed by atoms with Crippen LogP contribution in [-0.4, -0.2) is 11.6 Å². The maximum Gasteiger partial charge on any atom is 0.306 e. The van der Waals surface area contributed by atoms with E-state index in [1.165, 1.54) is 6.42 Å². The van der Waals surface area contributed by atoms with Crippen LogP contribution < -0.4 is 0 Å². The van der Waals surface area contributed by atoms with Crippen molar-refractivity contribution in [1.82, 2.24) is 0 Å². The van der Waals surface area contributed by atoms with E-state index in [0.29, 0.717) is 17.3 Å². The van der Waals surface area contributed by atoms with Crippen LogP contribution >= 0.6 is 0 Å². The molecule has 86 valence electrons. The average Bonchev–Trinajstić information content (AvgIpc) is 2.23. The number of hydrogen-bond donors (Lipinski definition) is 0. The van der Waals surface area contributed by atoms with E-state index in [4.69, 9.17) is 4.74 Å². The third-order valence-electron chi connectivity index (χ3n) is 3.67. The Kier molecular flexibility index (Phi) is 2.19. The summed E-state index contributed by atoms with van der Waals surface area (Å²) in [7, 11) is 0. The summed E-state index contributed by atoms with van der Waals surface area (Å²) in [6.07, 6.45) is 4.84. The van der Waals surface area contributed by atoms with Crippen molar-refractivity contribution in [3.05, 3.63) is 0 Å². The van der Waals surface area contributed by atoms with E-state index in [1.807, 2.05) is 0 Å². The first kappa shape index (κ1) is 11.0. The molecule has 1 spiro atoms. The zero-order valence-electron chi connectivity index (χ0n) is 10.4. The van der Waals surface area contributed by atoms with Crippen LogP contribution in [0.2, 0.25) is 0 Å². The van der Waals surface area contributed by atoms with Crippen LogP contribution in [0.4, 0.5) is 0 Å². The Hall–Kier alpha value is -0.530. The first-order valence-electron chi connectivity index (χ1n) is 5.94. The van der Waals surface area contributed by atoms with Gasteiger partial charge in [0.15, 0.2) is 0 Å². The van der Waals surface area contributed by atoms with Gasteiger partial charge in [-0.25, -0.2) is 0 Å².